The van der Waals surface area contributed by atoms with Crippen LogP contribution < -0.4 is 0 Å². The first-order valence-corrected chi connectivity index (χ1v) is 3.53. The first-order chi connectivity index (χ1) is 5.43. The van der Waals surface area contributed by atoms with E-state index in [4.69, 9.17) is 4.74 Å². The molecule has 0 amide bonds. The molecule has 58 valence electrons. The summed E-state index contributed by atoms with van der Waals surface area (Å²) in [6, 6.07) is 0. The van der Waals surface area contributed by atoms with E-state index in [1.54, 1.807) is 0 Å². The van der Waals surface area contributed by atoms with Crippen LogP contribution in [0.1, 0.15) is 6.42 Å². The number of carbonyl (C=O) groups is 1. The van der Waals surface area contributed by atoms with Crippen LogP contribution in [0.4, 0.5) is 0 Å². The van der Waals surface area contributed by atoms with Crippen molar-refractivity contribution in [3.63, 3.8) is 0 Å². The average Bonchev–Trinajstić information content (AvgIpc) is 2.28. The Labute approximate surface area is 65.9 Å². The fraction of sp³-hybridized carbons (Fsp3) is 0.222. The van der Waals surface area contributed by atoms with Crippen LogP contribution in [0.5, 0.6) is 0 Å². The van der Waals surface area contributed by atoms with E-state index in [-0.39, 0.29) is 6.61 Å². The van der Waals surface area contributed by atoms with Crippen molar-refractivity contribution in [2.75, 3.05) is 6.61 Å². The van der Waals surface area contributed by atoms with Crippen molar-refractivity contribution in [2.24, 2.45) is 0 Å². The molecular formula is C9H10O2. The van der Waals surface area contributed by atoms with Crippen LogP contribution in [-0.4, -0.2) is 12.9 Å². The van der Waals surface area contributed by atoms with Gasteiger partial charge in [-0.3, -0.25) is 4.79 Å². The first-order valence-electron chi connectivity index (χ1n) is 3.53. The van der Waals surface area contributed by atoms with E-state index in [2.05, 4.69) is 0 Å². The smallest absolute Gasteiger partial charge is 0.157 e. The third kappa shape index (κ3) is 2.85. The Bertz CT molecular complexity index is 212. The van der Waals surface area contributed by atoms with Gasteiger partial charge < -0.3 is 4.74 Å². The minimum atomic E-state index is 0.135. The number of carbonyl (C=O) groups excluding carboxylic acids is 1. The molecule has 0 fully saturated rings. The standard InChI is InChI=1S/C9H10O2/c10-7-8-11-9-5-3-1-2-4-6-9/h1-3,5-7H,4,8H2. The summed E-state index contributed by atoms with van der Waals surface area (Å²) in [7, 11) is 0. The van der Waals surface area contributed by atoms with Gasteiger partial charge in [0.2, 0.25) is 0 Å². The van der Waals surface area contributed by atoms with Gasteiger partial charge in [0.15, 0.2) is 6.29 Å². The molecule has 0 unspecified atom stereocenters. The van der Waals surface area contributed by atoms with Crippen LogP contribution in [-0.2, 0) is 9.53 Å². The first kappa shape index (κ1) is 7.79. The van der Waals surface area contributed by atoms with Crippen molar-refractivity contribution in [1.82, 2.24) is 0 Å². The van der Waals surface area contributed by atoms with E-state index in [1.165, 1.54) is 0 Å². The molecule has 0 aromatic heterocycles. The number of hydrogen-bond donors (Lipinski definition) is 0. The Morgan fingerprint density at radius 2 is 2.45 bits per heavy atom. The van der Waals surface area contributed by atoms with Gasteiger partial charge in [-0.15, -0.1) is 0 Å². The molecule has 2 nitrogen and oxygen atoms in total. The minimum Gasteiger partial charge on any atom is -0.486 e. The van der Waals surface area contributed by atoms with Crippen molar-refractivity contribution in [2.45, 2.75) is 6.42 Å². The fourth-order valence-corrected chi connectivity index (χ4v) is 0.797. The van der Waals surface area contributed by atoms with Gasteiger partial charge in [-0.25, -0.2) is 0 Å². The molecule has 1 aliphatic carbocycles. The molecule has 0 aromatic carbocycles. The highest BCUT2D eigenvalue weighted by molar-refractivity contribution is 5.51. The maximum Gasteiger partial charge on any atom is 0.157 e. The molecule has 2 heteroatoms. The zero-order valence-electron chi connectivity index (χ0n) is 6.19. The predicted octanol–water partition coefficient (Wildman–Crippen LogP) is 1.60. The maximum absolute atomic E-state index is 9.94. The Kier molecular flexibility index (Phi) is 3.19. The third-order valence-corrected chi connectivity index (χ3v) is 1.28. The highest BCUT2D eigenvalue weighted by atomic mass is 16.5. The molecule has 1 rings (SSSR count). The van der Waals surface area contributed by atoms with E-state index in [0.717, 1.165) is 18.5 Å². The quantitative estimate of drug-likeness (QED) is 0.571. The lowest BCUT2D eigenvalue weighted by Crippen LogP contribution is -1.92. The Morgan fingerprint density at radius 1 is 1.55 bits per heavy atom. The summed E-state index contributed by atoms with van der Waals surface area (Å²) in [4.78, 5) is 9.94. The summed E-state index contributed by atoms with van der Waals surface area (Å²) in [6.07, 6.45) is 11.2. The van der Waals surface area contributed by atoms with Crippen LogP contribution in [0, 0.1) is 0 Å². The molecule has 0 aliphatic heterocycles. The van der Waals surface area contributed by atoms with Gasteiger partial charge in [-0.1, -0.05) is 18.2 Å². The summed E-state index contributed by atoms with van der Waals surface area (Å²) in [5, 5.41) is 0. The molecular weight excluding hydrogens is 140 g/mol. The zero-order chi connectivity index (χ0) is 7.94. The van der Waals surface area contributed by atoms with Crippen LogP contribution in [0.2, 0.25) is 0 Å². The van der Waals surface area contributed by atoms with E-state index >= 15 is 0 Å². The van der Waals surface area contributed by atoms with Crippen molar-refractivity contribution < 1.29 is 9.53 Å². The lowest BCUT2D eigenvalue weighted by molar-refractivity contribution is -0.110. The molecule has 0 N–H and O–H groups in total. The number of aldehydes is 1. The lowest BCUT2D eigenvalue weighted by Gasteiger charge is -1.99. The Balaban J connectivity index is 2.44. The number of allylic oxidation sites excluding steroid dienone is 5. The van der Waals surface area contributed by atoms with Gasteiger partial charge in [0.1, 0.15) is 12.4 Å². The van der Waals surface area contributed by atoms with Gasteiger partial charge in [-0.2, -0.15) is 0 Å². The predicted molar refractivity (Wildman–Crippen MR) is 43.0 cm³/mol. The highest BCUT2D eigenvalue weighted by Gasteiger charge is 1.92. The van der Waals surface area contributed by atoms with E-state index in [9.17, 15) is 4.79 Å². The Hall–Kier alpha value is -1.31. The van der Waals surface area contributed by atoms with Crippen LogP contribution in [0.25, 0.3) is 0 Å². The average molecular weight is 150 g/mol. The lowest BCUT2D eigenvalue weighted by atomic mass is 10.3. The molecule has 0 bridgehead atoms. The van der Waals surface area contributed by atoms with Gasteiger partial charge in [0.25, 0.3) is 0 Å². The number of hydrogen-bond acceptors (Lipinski definition) is 2. The van der Waals surface area contributed by atoms with Crippen molar-refractivity contribution in [3.05, 3.63) is 36.1 Å². The second kappa shape index (κ2) is 4.50. The summed E-state index contributed by atoms with van der Waals surface area (Å²) in [5.41, 5.74) is 0. The van der Waals surface area contributed by atoms with E-state index < -0.39 is 0 Å². The van der Waals surface area contributed by atoms with Crippen molar-refractivity contribution in [3.8, 4) is 0 Å². The number of ether oxygens (including phenoxy) is 1. The molecule has 0 aromatic rings. The number of rotatable bonds is 3. The SMILES string of the molecule is O=CCOC1=CCC=CC=C1. The van der Waals surface area contributed by atoms with Gasteiger partial charge >= 0.3 is 0 Å². The fourth-order valence-electron chi connectivity index (χ4n) is 0.797. The normalized spacial score (nSPS) is 15.5. The molecule has 0 atom stereocenters. The summed E-state index contributed by atoms with van der Waals surface area (Å²) in [6.45, 7) is 0.135. The Morgan fingerprint density at radius 3 is 3.27 bits per heavy atom. The highest BCUT2D eigenvalue weighted by Crippen LogP contribution is 2.05. The molecule has 0 heterocycles. The zero-order valence-corrected chi connectivity index (χ0v) is 6.19. The molecule has 0 spiro atoms. The van der Waals surface area contributed by atoms with Crippen molar-refractivity contribution >= 4 is 6.29 Å². The van der Waals surface area contributed by atoms with E-state index in [1.807, 2.05) is 30.4 Å². The second-order valence-corrected chi connectivity index (χ2v) is 2.11. The summed E-state index contributed by atoms with van der Waals surface area (Å²) >= 11 is 0. The van der Waals surface area contributed by atoms with E-state index in [0.29, 0.717) is 0 Å². The molecule has 11 heavy (non-hydrogen) atoms. The summed E-state index contributed by atoms with van der Waals surface area (Å²) in [5.74, 6) is 0.766. The van der Waals surface area contributed by atoms with Crippen LogP contribution >= 0.6 is 0 Å². The molecule has 1 aliphatic rings. The maximum atomic E-state index is 9.94. The van der Waals surface area contributed by atoms with Crippen LogP contribution in [0.3, 0.4) is 0 Å². The molecule has 0 saturated carbocycles. The third-order valence-electron chi connectivity index (χ3n) is 1.28. The van der Waals surface area contributed by atoms with Gasteiger partial charge in [0.05, 0.1) is 0 Å². The second-order valence-electron chi connectivity index (χ2n) is 2.11. The van der Waals surface area contributed by atoms with Gasteiger partial charge in [0, 0.05) is 0 Å². The van der Waals surface area contributed by atoms with Gasteiger partial charge in [-0.05, 0) is 18.6 Å². The van der Waals surface area contributed by atoms with Crippen molar-refractivity contribution in [1.29, 1.82) is 0 Å². The topological polar surface area (TPSA) is 26.3 Å². The molecule has 0 saturated heterocycles. The summed E-state index contributed by atoms with van der Waals surface area (Å²) < 4.78 is 5.08. The molecule has 0 radical (unpaired) electrons. The monoisotopic (exact) mass is 150 g/mol. The minimum absolute atomic E-state index is 0.135. The largest absolute Gasteiger partial charge is 0.486 e. The van der Waals surface area contributed by atoms with Crippen LogP contribution in [0.15, 0.2) is 36.1 Å².